The number of imidazole rings is 1. The molecule has 172 valence electrons. The minimum atomic E-state index is -4.74. The van der Waals surface area contributed by atoms with Gasteiger partial charge in [-0.15, -0.1) is 24.5 Å². The van der Waals surface area contributed by atoms with E-state index < -0.39 is 6.36 Å². The molecule has 4 rings (SSSR count). The maximum absolute atomic E-state index is 12.4. The van der Waals surface area contributed by atoms with Gasteiger partial charge in [-0.1, -0.05) is 30.3 Å². The number of nitrogens with zero attached hydrogens (tertiary/aromatic N) is 2. The summed E-state index contributed by atoms with van der Waals surface area (Å²) in [6, 6.07) is 13.6. The molecule has 0 saturated carbocycles. The third-order valence-corrected chi connectivity index (χ3v) is 5.53. The van der Waals surface area contributed by atoms with Crippen LogP contribution in [0.15, 0.2) is 53.9 Å². The van der Waals surface area contributed by atoms with Crippen molar-refractivity contribution in [1.82, 2.24) is 25.6 Å². The Balaban J connectivity index is 1.23. The zero-order chi connectivity index (χ0) is 23.3. The van der Waals surface area contributed by atoms with E-state index in [1.165, 1.54) is 29.5 Å². The highest BCUT2D eigenvalue weighted by Gasteiger charge is 2.31. The molecular formula is C22H20F3N5O2S. The van der Waals surface area contributed by atoms with Crippen molar-refractivity contribution in [2.75, 3.05) is 6.54 Å². The molecular weight excluding hydrogens is 455 g/mol. The molecule has 0 unspecified atom stereocenters. The molecule has 3 N–H and O–H groups in total. The van der Waals surface area contributed by atoms with E-state index in [0.29, 0.717) is 48.6 Å². The molecule has 4 aromatic rings. The Bertz CT molecular complexity index is 1220. The van der Waals surface area contributed by atoms with Crippen LogP contribution in [-0.2, 0) is 19.5 Å². The first-order valence-electron chi connectivity index (χ1n) is 10.1. The summed E-state index contributed by atoms with van der Waals surface area (Å²) >= 11 is 1.41. The van der Waals surface area contributed by atoms with Crippen LogP contribution in [0.2, 0.25) is 0 Å². The van der Waals surface area contributed by atoms with E-state index in [1.54, 1.807) is 5.38 Å². The minimum absolute atomic E-state index is 0.217. The van der Waals surface area contributed by atoms with Crippen LogP contribution in [0.25, 0.3) is 11.0 Å². The number of carbonyl (C=O) groups is 1. The fourth-order valence-electron chi connectivity index (χ4n) is 3.12. The molecule has 0 spiro atoms. The van der Waals surface area contributed by atoms with Crippen molar-refractivity contribution in [3.63, 3.8) is 0 Å². The fraction of sp³-hybridized carbons (Fsp3) is 0.227. The van der Waals surface area contributed by atoms with Crippen LogP contribution in [0.1, 0.15) is 26.9 Å². The van der Waals surface area contributed by atoms with Gasteiger partial charge in [0.25, 0.3) is 5.91 Å². The molecule has 33 heavy (non-hydrogen) atoms. The summed E-state index contributed by atoms with van der Waals surface area (Å²) < 4.78 is 41.0. The van der Waals surface area contributed by atoms with Crippen molar-refractivity contribution in [1.29, 1.82) is 0 Å². The zero-order valence-corrected chi connectivity index (χ0v) is 18.1. The smallest absolute Gasteiger partial charge is 0.406 e. The zero-order valence-electron chi connectivity index (χ0n) is 17.3. The highest BCUT2D eigenvalue weighted by molar-refractivity contribution is 7.09. The number of hydrogen-bond acceptors (Lipinski definition) is 6. The molecule has 1 amide bonds. The number of hydrogen-bond donors (Lipinski definition) is 3. The molecule has 0 saturated heterocycles. The van der Waals surface area contributed by atoms with Crippen molar-refractivity contribution < 1.29 is 22.7 Å². The molecule has 0 aliphatic rings. The van der Waals surface area contributed by atoms with Gasteiger partial charge in [0.1, 0.15) is 17.3 Å². The normalized spacial score (nSPS) is 11.6. The highest BCUT2D eigenvalue weighted by atomic mass is 32.1. The molecule has 0 radical (unpaired) electrons. The average molecular weight is 475 g/mol. The second-order valence-corrected chi connectivity index (χ2v) is 8.07. The van der Waals surface area contributed by atoms with Crippen LogP contribution in [0.4, 0.5) is 13.2 Å². The van der Waals surface area contributed by atoms with Gasteiger partial charge in [-0.3, -0.25) is 4.79 Å². The van der Waals surface area contributed by atoms with Crippen LogP contribution in [-0.4, -0.2) is 33.8 Å². The first kappa shape index (κ1) is 22.7. The van der Waals surface area contributed by atoms with Gasteiger partial charge in [0.05, 0.1) is 22.6 Å². The van der Waals surface area contributed by atoms with Crippen LogP contribution in [0, 0.1) is 0 Å². The SMILES string of the molecule is O=C(NCc1ccccc1)c1csc(CCNCc2nc3ccc(OC(F)(F)F)cc3[nH]2)n1. The number of fused-ring (bicyclic) bond motifs is 1. The van der Waals surface area contributed by atoms with E-state index in [4.69, 9.17) is 0 Å². The molecule has 7 nitrogen and oxygen atoms in total. The average Bonchev–Trinajstić information content (AvgIpc) is 3.41. The first-order valence-corrected chi connectivity index (χ1v) is 11.0. The van der Waals surface area contributed by atoms with Gasteiger partial charge in [0.2, 0.25) is 0 Å². The van der Waals surface area contributed by atoms with Crippen molar-refractivity contribution in [2.45, 2.75) is 25.9 Å². The van der Waals surface area contributed by atoms with Gasteiger partial charge in [-0.05, 0) is 17.7 Å². The number of halogens is 3. The van der Waals surface area contributed by atoms with E-state index in [0.717, 1.165) is 10.6 Å². The molecule has 2 aromatic heterocycles. The lowest BCUT2D eigenvalue weighted by Crippen LogP contribution is -2.23. The Labute approximate surface area is 191 Å². The molecule has 0 atom stereocenters. The van der Waals surface area contributed by atoms with Crippen molar-refractivity contribution in [3.05, 3.63) is 76.0 Å². The molecule has 2 aromatic carbocycles. The number of amides is 1. The Morgan fingerprint density at radius 2 is 1.91 bits per heavy atom. The third kappa shape index (κ3) is 6.53. The Morgan fingerprint density at radius 1 is 1.09 bits per heavy atom. The number of benzene rings is 2. The van der Waals surface area contributed by atoms with Crippen LogP contribution >= 0.6 is 11.3 Å². The van der Waals surface area contributed by atoms with Crippen molar-refractivity contribution >= 4 is 28.3 Å². The maximum Gasteiger partial charge on any atom is 0.573 e. The summed E-state index contributed by atoms with van der Waals surface area (Å²) in [4.78, 5) is 24.0. The van der Waals surface area contributed by atoms with Crippen molar-refractivity contribution in [3.8, 4) is 5.75 Å². The largest absolute Gasteiger partial charge is 0.573 e. The lowest BCUT2D eigenvalue weighted by atomic mass is 10.2. The highest BCUT2D eigenvalue weighted by Crippen LogP contribution is 2.25. The predicted molar refractivity (Wildman–Crippen MR) is 118 cm³/mol. The number of carbonyl (C=O) groups excluding carboxylic acids is 1. The summed E-state index contributed by atoms with van der Waals surface area (Å²) in [6.07, 6.45) is -4.11. The second kappa shape index (κ2) is 10.0. The summed E-state index contributed by atoms with van der Waals surface area (Å²) in [5.74, 6) is 0.0743. The van der Waals surface area contributed by atoms with E-state index in [-0.39, 0.29) is 11.7 Å². The van der Waals surface area contributed by atoms with E-state index in [2.05, 4.69) is 30.3 Å². The standard InChI is InChI=1S/C22H20F3N5O2S/c23-22(24,25)32-15-6-7-16-17(10-15)29-19(28-16)12-26-9-8-20-30-18(13-33-20)21(31)27-11-14-4-2-1-3-5-14/h1-7,10,13,26H,8-9,11-12H2,(H,27,31)(H,28,29). The van der Waals surface area contributed by atoms with Crippen LogP contribution in [0.5, 0.6) is 5.75 Å². The topological polar surface area (TPSA) is 91.9 Å². The quantitative estimate of drug-likeness (QED) is 0.316. The Kier molecular flexibility index (Phi) is 6.90. The fourth-order valence-corrected chi connectivity index (χ4v) is 3.90. The predicted octanol–water partition coefficient (Wildman–Crippen LogP) is 4.18. The lowest BCUT2D eigenvalue weighted by molar-refractivity contribution is -0.274. The Morgan fingerprint density at radius 3 is 2.70 bits per heavy atom. The molecule has 0 aliphatic carbocycles. The monoisotopic (exact) mass is 475 g/mol. The molecule has 0 fully saturated rings. The molecule has 2 heterocycles. The number of rotatable bonds is 9. The van der Waals surface area contributed by atoms with Gasteiger partial charge >= 0.3 is 6.36 Å². The number of nitrogens with one attached hydrogen (secondary N) is 3. The van der Waals surface area contributed by atoms with E-state index in [9.17, 15) is 18.0 Å². The number of H-pyrrole nitrogens is 1. The number of ether oxygens (including phenoxy) is 1. The second-order valence-electron chi connectivity index (χ2n) is 7.13. The molecule has 0 aliphatic heterocycles. The summed E-state index contributed by atoms with van der Waals surface area (Å²) in [7, 11) is 0. The lowest BCUT2D eigenvalue weighted by Gasteiger charge is -2.07. The molecule has 11 heteroatoms. The number of alkyl halides is 3. The van der Waals surface area contributed by atoms with Gasteiger partial charge in [-0.25, -0.2) is 9.97 Å². The summed E-state index contributed by atoms with van der Waals surface area (Å²) in [5, 5.41) is 8.62. The molecule has 0 bridgehead atoms. The van der Waals surface area contributed by atoms with E-state index in [1.807, 2.05) is 30.3 Å². The van der Waals surface area contributed by atoms with Gasteiger partial charge in [0, 0.05) is 31.0 Å². The number of aromatic amines is 1. The number of aromatic nitrogens is 3. The minimum Gasteiger partial charge on any atom is -0.406 e. The Hall–Kier alpha value is -3.44. The summed E-state index contributed by atoms with van der Waals surface area (Å²) in [5.41, 5.74) is 2.41. The van der Waals surface area contributed by atoms with Crippen molar-refractivity contribution in [2.24, 2.45) is 0 Å². The van der Waals surface area contributed by atoms with Gasteiger partial charge in [0.15, 0.2) is 0 Å². The third-order valence-electron chi connectivity index (χ3n) is 4.62. The van der Waals surface area contributed by atoms with Crippen LogP contribution in [0.3, 0.4) is 0 Å². The first-order chi connectivity index (χ1) is 15.9. The van der Waals surface area contributed by atoms with E-state index >= 15 is 0 Å². The maximum atomic E-state index is 12.4. The van der Waals surface area contributed by atoms with Crippen LogP contribution < -0.4 is 15.4 Å². The number of thiazole rings is 1. The van der Waals surface area contributed by atoms with Gasteiger partial charge in [-0.2, -0.15) is 0 Å². The van der Waals surface area contributed by atoms with Gasteiger partial charge < -0.3 is 20.4 Å². The summed E-state index contributed by atoms with van der Waals surface area (Å²) in [6.45, 7) is 1.44.